The Kier molecular flexibility index (Phi) is 4.11. The van der Waals surface area contributed by atoms with Crippen molar-refractivity contribution in [2.75, 3.05) is 25.9 Å². The van der Waals surface area contributed by atoms with Crippen LogP contribution in [0.2, 0.25) is 0 Å². The molecule has 1 saturated carbocycles. The predicted molar refractivity (Wildman–Crippen MR) is 77.5 cm³/mol. The number of rotatable bonds is 4. The first-order valence-electron chi connectivity index (χ1n) is 7.02. The molecule has 100 valence electrons. The van der Waals surface area contributed by atoms with Gasteiger partial charge in [0.05, 0.1) is 0 Å². The summed E-state index contributed by atoms with van der Waals surface area (Å²) in [5.41, 5.74) is 6.59. The first-order chi connectivity index (χ1) is 8.03. The minimum Gasteiger partial charge on any atom is -0.329 e. The molecule has 0 aromatic heterocycles. The summed E-state index contributed by atoms with van der Waals surface area (Å²) in [7, 11) is 0. The van der Waals surface area contributed by atoms with Crippen LogP contribution in [0, 0.1) is 5.41 Å². The summed E-state index contributed by atoms with van der Waals surface area (Å²) in [4.78, 5) is 2.69. The second kappa shape index (κ2) is 5.10. The van der Waals surface area contributed by atoms with Crippen LogP contribution in [-0.2, 0) is 0 Å². The molecule has 0 radical (unpaired) electrons. The third-order valence-corrected chi connectivity index (χ3v) is 6.30. The van der Waals surface area contributed by atoms with Gasteiger partial charge in [0.2, 0.25) is 0 Å². The van der Waals surface area contributed by atoms with Crippen LogP contribution in [0.3, 0.4) is 0 Å². The summed E-state index contributed by atoms with van der Waals surface area (Å²) in [6.45, 7) is 8.13. The number of nitrogens with zero attached hydrogens (tertiary/aromatic N) is 1. The lowest BCUT2D eigenvalue weighted by Gasteiger charge is -2.53. The van der Waals surface area contributed by atoms with Gasteiger partial charge in [-0.25, -0.2) is 0 Å². The third kappa shape index (κ3) is 2.66. The van der Waals surface area contributed by atoms with E-state index in [1.807, 2.05) is 0 Å². The van der Waals surface area contributed by atoms with Crippen LogP contribution in [0.25, 0.3) is 0 Å². The SMILES string of the molecule is CSC1(C(CN)N2CCCC(C)(C)C2)CCC1. The Morgan fingerprint density at radius 1 is 1.24 bits per heavy atom. The van der Waals surface area contributed by atoms with E-state index >= 15 is 0 Å². The Bertz CT molecular complexity index is 255. The van der Waals surface area contributed by atoms with Gasteiger partial charge in [-0.15, -0.1) is 0 Å². The van der Waals surface area contributed by atoms with Gasteiger partial charge in [-0.2, -0.15) is 11.8 Å². The van der Waals surface area contributed by atoms with Gasteiger partial charge in [0.25, 0.3) is 0 Å². The molecule has 2 nitrogen and oxygen atoms in total. The molecule has 3 heteroatoms. The summed E-state index contributed by atoms with van der Waals surface area (Å²) >= 11 is 2.06. The maximum atomic E-state index is 6.11. The molecular formula is C14H28N2S. The lowest BCUT2D eigenvalue weighted by atomic mass is 9.75. The lowest BCUT2D eigenvalue weighted by molar-refractivity contribution is 0.0473. The summed E-state index contributed by atoms with van der Waals surface area (Å²) in [5, 5.41) is 0. The van der Waals surface area contributed by atoms with Gasteiger partial charge < -0.3 is 5.73 Å². The van der Waals surface area contributed by atoms with Crippen LogP contribution >= 0.6 is 11.8 Å². The van der Waals surface area contributed by atoms with E-state index in [1.165, 1.54) is 45.2 Å². The van der Waals surface area contributed by atoms with Crippen LogP contribution in [0.4, 0.5) is 0 Å². The zero-order valence-electron chi connectivity index (χ0n) is 11.7. The van der Waals surface area contributed by atoms with Crippen molar-refractivity contribution in [3.8, 4) is 0 Å². The van der Waals surface area contributed by atoms with Crippen molar-refractivity contribution in [1.29, 1.82) is 0 Å². The van der Waals surface area contributed by atoms with Gasteiger partial charge in [-0.1, -0.05) is 20.3 Å². The van der Waals surface area contributed by atoms with Gasteiger partial charge in [-0.3, -0.25) is 4.90 Å². The summed E-state index contributed by atoms with van der Waals surface area (Å²) in [6, 6.07) is 0.603. The van der Waals surface area contributed by atoms with E-state index in [-0.39, 0.29) is 0 Å². The van der Waals surface area contributed by atoms with E-state index in [0.29, 0.717) is 16.2 Å². The average Bonchev–Trinajstić information content (AvgIpc) is 2.21. The molecule has 2 N–H and O–H groups in total. The van der Waals surface area contributed by atoms with E-state index in [2.05, 4.69) is 36.8 Å². The molecular weight excluding hydrogens is 228 g/mol. The van der Waals surface area contributed by atoms with E-state index in [9.17, 15) is 0 Å². The van der Waals surface area contributed by atoms with Crippen LogP contribution in [0.5, 0.6) is 0 Å². The van der Waals surface area contributed by atoms with Crippen LogP contribution in [0.1, 0.15) is 46.0 Å². The second-order valence-electron chi connectivity index (χ2n) is 6.61. The third-order valence-electron chi connectivity index (χ3n) is 4.81. The van der Waals surface area contributed by atoms with Gasteiger partial charge in [0.1, 0.15) is 0 Å². The number of piperidine rings is 1. The largest absolute Gasteiger partial charge is 0.329 e. The van der Waals surface area contributed by atoms with Crippen molar-refractivity contribution >= 4 is 11.8 Å². The van der Waals surface area contributed by atoms with Crippen LogP contribution in [-0.4, -0.2) is 41.6 Å². The highest BCUT2D eigenvalue weighted by molar-refractivity contribution is 8.00. The Balaban J connectivity index is 2.07. The molecule has 1 heterocycles. The number of hydrogen-bond donors (Lipinski definition) is 1. The first-order valence-corrected chi connectivity index (χ1v) is 8.25. The quantitative estimate of drug-likeness (QED) is 0.838. The van der Waals surface area contributed by atoms with Crippen molar-refractivity contribution in [3.05, 3.63) is 0 Å². The highest BCUT2D eigenvalue weighted by Gasteiger charge is 2.46. The molecule has 1 atom stereocenters. The van der Waals surface area contributed by atoms with Gasteiger partial charge in [-0.05, 0) is 43.9 Å². The normalized spacial score (nSPS) is 29.6. The summed E-state index contributed by atoms with van der Waals surface area (Å²) in [6.07, 6.45) is 9.12. The molecule has 2 aliphatic rings. The van der Waals surface area contributed by atoms with Gasteiger partial charge >= 0.3 is 0 Å². The second-order valence-corrected chi connectivity index (χ2v) is 7.83. The fourth-order valence-electron chi connectivity index (χ4n) is 3.63. The molecule has 1 aliphatic carbocycles. The average molecular weight is 256 g/mol. The molecule has 0 bridgehead atoms. The highest BCUT2D eigenvalue weighted by atomic mass is 32.2. The molecule has 0 spiro atoms. The zero-order valence-corrected chi connectivity index (χ0v) is 12.5. The summed E-state index contributed by atoms with van der Waals surface area (Å²) in [5.74, 6) is 0. The number of hydrogen-bond acceptors (Lipinski definition) is 3. The Labute approximate surface area is 111 Å². The topological polar surface area (TPSA) is 29.3 Å². The first kappa shape index (κ1) is 13.7. The van der Waals surface area contributed by atoms with E-state index in [1.54, 1.807) is 0 Å². The molecule has 1 aliphatic heterocycles. The van der Waals surface area contributed by atoms with E-state index in [0.717, 1.165) is 6.54 Å². The molecule has 1 unspecified atom stereocenters. The van der Waals surface area contributed by atoms with Gasteiger partial charge in [0.15, 0.2) is 0 Å². The van der Waals surface area contributed by atoms with Crippen molar-refractivity contribution in [2.45, 2.75) is 56.7 Å². The number of nitrogens with two attached hydrogens (primary N) is 1. The van der Waals surface area contributed by atoms with Crippen molar-refractivity contribution in [2.24, 2.45) is 11.1 Å². The smallest absolute Gasteiger partial charge is 0.0365 e. The molecule has 0 aromatic rings. The van der Waals surface area contributed by atoms with E-state index < -0.39 is 0 Å². The van der Waals surface area contributed by atoms with Gasteiger partial charge in [0, 0.05) is 23.9 Å². The molecule has 2 fully saturated rings. The molecule has 2 rings (SSSR count). The molecule has 0 amide bonds. The predicted octanol–water partition coefficient (Wildman–Crippen LogP) is 2.72. The number of thioether (sulfide) groups is 1. The van der Waals surface area contributed by atoms with E-state index in [4.69, 9.17) is 5.73 Å². The van der Waals surface area contributed by atoms with Crippen LogP contribution < -0.4 is 5.73 Å². The maximum absolute atomic E-state index is 6.11. The molecule has 17 heavy (non-hydrogen) atoms. The van der Waals surface area contributed by atoms with Crippen molar-refractivity contribution in [1.82, 2.24) is 4.90 Å². The highest BCUT2D eigenvalue weighted by Crippen LogP contribution is 2.48. The minimum absolute atomic E-state index is 0.474. The monoisotopic (exact) mass is 256 g/mol. The zero-order chi connectivity index (χ0) is 12.5. The van der Waals surface area contributed by atoms with Crippen molar-refractivity contribution in [3.63, 3.8) is 0 Å². The standard InChI is InChI=1S/C14H28N2S/c1-13(2)6-5-9-16(11-13)12(10-15)14(17-3)7-4-8-14/h12H,4-11,15H2,1-3H3. The minimum atomic E-state index is 0.474. The van der Waals surface area contributed by atoms with Crippen LogP contribution in [0.15, 0.2) is 0 Å². The maximum Gasteiger partial charge on any atom is 0.0365 e. The van der Waals surface area contributed by atoms with Crippen molar-refractivity contribution < 1.29 is 0 Å². The summed E-state index contributed by atoms with van der Waals surface area (Å²) < 4.78 is 0.474. The Morgan fingerprint density at radius 2 is 1.94 bits per heavy atom. The lowest BCUT2D eigenvalue weighted by Crippen LogP contribution is -2.60. The Hall–Kier alpha value is 0.270. The fraction of sp³-hybridized carbons (Fsp3) is 1.00. The molecule has 0 aromatic carbocycles. The Morgan fingerprint density at radius 3 is 2.35 bits per heavy atom. The molecule has 1 saturated heterocycles. The number of likely N-dealkylation sites (tertiary alicyclic amines) is 1. The fourth-order valence-corrected chi connectivity index (χ4v) is 4.84.